The lowest BCUT2D eigenvalue weighted by molar-refractivity contribution is -0.275. The average Bonchev–Trinajstić information content (AvgIpc) is 2.78. The van der Waals surface area contributed by atoms with E-state index >= 15 is 0 Å². The molecule has 0 saturated heterocycles. The monoisotopic (exact) mass is 578 g/mol. The molecule has 8 saturated carbocycles. The van der Waals surface area contributed by atoms with Gasteiger partial charge in [-0.25, -0.2) is 0 Å². The van der Waals surface area contributed by atoms with Crippen LogP contribution in [0.3, 0.4) is 0 Å². The summed E-state index contributed by atoms with van der Waals surface area (Å²) >= 11 is 13.2. The minimum Gasteiger partial charge on any atom is -0.506 e. The molecule has 4 unspecified atom stereocenters. The number of hydrogen-bond donors (Lipinski definition) is 2. The maximum Gasteiger partial charge on any atom is 0.134 e. The van der Waals surface area contributed by atoms with E-state index in [1.54, 1.807) is 0 Å². The van der Waals surface area contributed by atoms with Gasteiger partial charge in [-0.05, 0) is 156 Å². The third-order valence-corrected chi connectivity index (χ3v) is 14.0. The van der Waals surface area contributed by atoms with Gasteiger partial charge in [0.25, 0.3) is 0 Å². The molecule has 8 aliphatic rings. The fourth-order valence-corrected chi connectivity index (χ4v) is 15.2. The molecule has 2 aromatic rings. The second kappa shape index (κ2) is 7.39. The molecule has 0 amide bonds. The van der Waals surface area contributed by atoms with Gasteiger partial charge in [-0.1, -0.05) is 63.0 Å². The lowest BCUT2D eigenvalue weighted by atomic mass is 9.24. The van der Waals surface area contributed by atoms with Gasteiger partial charge in [0, 0.05) is 0 Å². The van der Waals surface area contributed by atoms with Crippen molar-refractivity contribution in [1.82, 2.24) is 0 Å². The quantitative estimate of drug-likeness (QED) is 0.380. The summed E-state index contributed by atoms with van der Waals surface area (Å²) in [6.07, 6.45) is 15.5. The number of aromatic hydroxyl groups is 2. The summed E-state index contributed by atoms with van der Waals surface area (Å²) in [4.78, 5) is 0. The molecule has 2 aromatic carbocycles. The lowest BCUT2D eigenvalue weighted by Crippen LogP contribution is -2.71. The summed E-state index contributed by atoms with van der Waals surface area (Å²) in [5.41, 5.74) is 4.86. The van der Waals surface area contributed by atoms with E-state index in [-0.39, 0.29) is 22.3 Å². The first kappa shape index (κ1) is 26.3. The van der Waals surface area contributed by atoms with Crippen molar-refractivity contribution in [3.8, 4) is 11.5 Å². The number of rotatable bonds is 3. The molecule has 0 heterocycles. The SMILES string of the molecule is CC12CC3(C)CC(c4ccc(O)c(Cl)c4)(C1)CC(C14CC5(C)CC(C)(CC(c6ccc(O)c(Cl)c6)(C5)C1)C4)(C2)C3. The first-order valence-electron chi connectivity index (χ1n) is 15.5. The smallest absolute Gasteiger partial charge is 0.134 e. The van der Waals surface area contributed by atoms with E-state index in [9.17, 15) is 10.2 Å². The van der Waals surface area contributed by atoms with E-state index in [4.69, 9.17) is 23.2 Å². The second-order valence-electron chi connectivity index (χ2n) is 17.8. The summed E-state index contributed by atoms with van der Waals surface area (Å²) in [7, 11) is 0. The first-order valence-corrected chi connectivity index (χ1v) is 16.3. The summed E-state index contributed by atoms with van der Waals surface area (Å²) in [5, 5.41) is 21.6. The van der Waals surface area contributed by atoms with Crippen molar-refractivity contribution in [2.45, 2.75) is 116 Å². The predicted octanol–water partition coefficient (Wildman–Crippen LogP) is 10.3. The molecular weight excluding hydrogens is 535 g/mol. The van der Waals surface area contributed by atoms with Crippen molar-refractivity contribution in [2.24, 2.45) is 32.5 Å². The fourth-order valence-electron chi connectivity index (χ4n) is 14.8. The molecule has 40 heavy (non-hydrogen) atoms. The van der Waals surface area contributed by atoms with Crippen LogP contribution in [-0.2, 0) is 10.8 Å². The fraction of sp³-hybridized carbons (Fsp3) is 0.667. The molecule has 214 valence electrons. The zero-order valence-electron chi connectivity index (χ0n) is 24.6. The Kier molecular flexibility index (Phi) is 4.85. The maximum atomic E-state index is 10.3. The molecule has 4 atom stereocenters. The Labute approximate surface area is 249 Å². The highest BCUT2D eigenvalue weighted by atomic mass is 35.5. The van der Waals surface area contributed by atoms with Gasteiger partial charge in [-0.2, -0.15) is 0 Å². The van der Waals surface area contributed by atoms with Gasteiger partial charge in [-0.15, -0.1) is 0 Å². The van der Waals surface area contributed by atoms with Crippen LogP contribution in [0.1, 0.15) is 116 Å². The number of phenolic OH excluding ortho intramolecular Hbond substituents is 2. The molecular formula is C36H44Cl2O2. The summed E-state index contributed by atoms with van der Waals surface area (Å²) < 4.78 is 0. The Morgan fingerprint density at radius 3 is 1.10 bits per heavy atom. The van der Waals surface area contributed by atoms with Gasteiger partial charge in [-0.3, -0.25) is 0 Å². The molecule has 0 radical (unpaired) electrons. The van der Waals surface area contributed by atoms with Crippen LogP contribution in [0, 0.1) is 32.5 Å². The molecule has 10 rings (SSSR count). The van der Waals surface area contributed by atoms with Gasteiger partial charge in [0.15, 0.2) is 0 Å². The standard InChI is InChI=1S/C36H44Cl2O2/c1-29-11-30(2)14-33(13-29,23-5-7-27(39)25(37)9-23)21-35(17-29,18-30)36-19-31(3)12-32(4,20-36)16-34(15-31,22-36)24-6-8-28(40)26(38)10-24/h5-10,39-40H,11-22H2,1-4H3. The highest BCUT2D eigenvalue weighted by Crippen LogP contribution is 2.85. The molecule has 0 aromatic heterocycles. The summed E-state index contributed by atoms with van der Waals surface area (Å²) in [5.74, 6) is 0.387. The van der Waals surface area contributed by atoms with E-state index in [2.05, 4.69) is 52.0 Å². The van der Waals surface area contributed by atoms with Crippen LogP contribution >= 0.6 is 23.2 Å². The van der Waals surface area contributed by atoms with E-state index in [1.807, 2.05) is 12.1 Å². The Bertz CT molecular complexity index is 1310. The largest absolute Gasteiger partial charge is 0.506 e. The van der Waals surface area contributed by atoms with Gasteiger partial charge >= 0.3 is 0 Å². The second-order valence-corrected chi connectivity index (χ2v) is 18.6. The average molecular weight is 580 g/mol. The van der Waals surface area contributed by atoms with Crippen LogP contribution in [0.5, 0.6) is 11.5 Å². The molecule has 0 aliphatic heterocycles. The molecule has 4 heteroatoms. The van der Waals surface area contributed by atoms with Crippen molar-refractivity contribution < 1.29 is 10.2 Å². The van der Waals surface area contributed by atoms with E-state index in [0.29, 0.717) is 42.5 Å². The number of phenols is 2. The van der Waals surface area contributed by atoms with E-state index < -0.39 is 0 Å². The van der Waals surface area contributed by atoms with Crippen LogP contribution in [0.15, 0.2) is 36.4 Å². The van der Waals surface area contributed by atoms with Crippen LogP contribution in [0.4, 0.5) is 0 Å². The zero-order chi connectivity index (χ0) is 28.2. The summed E-state index contributed by atoms with van der Waals surface area (Å²) in [6, 6.07) is 12.3. The van der Waals surface area contributed by atoms with Crippen LogP contribution in [0.25, 0.3) is 0 Å². The van der Waals surface area contributed by atoms with Crippen molar-refractivity contribution in [2.75, 3.05) is 0 Å². The van der Waals surface area contributed by atoms with Gasteiger partial charge in [0.1, 0.15) is 11.5 Å². The minimum atomic E-state index is 0.121. The van der Waals surface area contributed by atoms with Crippen LogP contribution in [0.2, 0.25) is 10.0 Å². The van der Waals surface area contributed by atoms with E-state index in [0.717, 1.165) is 0 Å². The molecule has 2 nitrogen and oxygen atoms in total. The van der Waals surface area contributed by atoms with Crippen molar-refractivity contribution in [3.05, 3.63) is 57.6 Å². The van der Waals surface area contributed by atoms with Crippen molar-refractivity contribution in [3.63, 3.8) is 0 Å². The number of hydrogen-bond acceptors (Lipinski definition) is 2. The third-order valence-electron chi connectivity index (χ3n) is 13.4. The highest BCUT2D eigenvalue weighted by molar-refractivity contribution is 6.32. The Morgan fingerprint density at radius 2 is 0.800 bits per heavy atom. The molecule has 8 aliphatic carbocycles. The van der Waals surface area contributed by atoms with Gasteiger partial charge in [0.05, 0.1) is 10.0 Å². The van der Waals surface area contributed by atoms with Gasteiger partial charge in [0.2, 0.25) is 0 Å². The Morgan fingerprint density at radius 1 is 0.475 bits per heavy atom. The highest BCUT2D eigenvalue weighted by Gasteiger charge is 2.76. The van der Waals surface area contributed by atoms with Gasteiger partial charge < -0.3 is 10.2 Å². The Balaban J connectivity index is 1.31. The third kappa shape index (κ3) is 3.36. The predicted molar refractivity (Wildman–Crippen MR) is 162 cm³/mol. The van der Waals surface area contributed by atoms with Crippen LogP contribution < -0.4 is 0 Å². The van der Waals surface area contributed by atoms with Crippen molar-refractivity contribution >= 4 is 23.2 Å². The maximum absolute atomic E-state index is 10.3. The lowest BCUT2D eigenvalue weighted by Gasteiger charge is -2.80. The molecule has 0 spiro atoms. The minimum absolute atomic E-state index is 0.121. The number of benzene rings is 2. The normalized spacial score (nSPS) is 50.0. The first-order chi connectivity index (χ1) is 18.6. The van der Waals surface area contributed by atoms with Crippen molar-refractivity contribution in [1.29, 1.82) is 0 Å². The van der Waals surface area contributed by atoms with Crippen LogP contribution in [-0.4, -0.2) is 10.2 Å². The topological polar surface area (TPSA) is 40.5 Å². The molecule has 8 fully saturated rings. The molecule has 8 bridgehead atoms. The number of halogens is 2. The van der Waals surface area contributed by atoms with E-state index in [1.165, 1.54) is 88.2 Å². The Hall–Kier alpha value is -1.38. The zero-order valence-corrected chi connectivity index (χ0v) is 26.1. The molecule has 2 N–H and O–H groups in total. The summed E-state index contributed by atoms with van der Waals surface area (Å²) in [6.45, 7) is 10.4.